The first kappa shape index (κ1) is 6.94. The van der Waals surface area contributed by atoms with E-state index in [0.29, 0.717) is 5.92 Å². The third-order valence-corrected chi connectivity index (χ3v) is 2.42. The molecule has 0 radical (unpaired) electrons. The van der Waals surface area contributed by atoms with Crippen LogP contribution in [0.15, 0.2) is 22.5 Å². The molecule has 0 nitrogen and oxygen atoms in total. The van der Waals surface area contributed by atoms with Gasteiger partial charge in [0.2, 0.25) is 0 Å². The number of hydrogen-bond acceptors (Lipinski definition) is 1. The molecule has 0 saturated heterocycles. The first-order valence-corrected chi connectivity index (χ1v) is 4.25. The van der Waals surface area contributed by atoms with Gasteiger partial charge in [-0.2, -0.15) is 0 Å². The van der Waals surface area contributed by atoms with Gasteiger partial charge in [-0.1, -0.05) is 26.0 Å². The summed E-state index contributed by atoms with van der Waals surface area (Å²) in [7, 11) is 0. The zero-order valence-corrected chi connectivity index (χ0v) is 6.74. The highest BCUT2D eigenvalue weighted by atomic mass is 32.2. The van der Waals surface area contributed by atoms with Gasteiger partial charge in [-0.15, -0.1) is 11.8 Å². The minimum Gasteiger partial charge on any atom is -0.103 e. The Balaban J connectivity index is 2.55. The fraction of sp³-hybridized carbons (Fsp3) is 0.500. The lowest BCUT2D eigenvalue weighted by Gasteiger charge is -2.08. The Labute approximate surface area is 61.0 Å². The Morgan fingerprint density at radius 1 is 1.67 bits per heavy atom. The van der Waals surface area contributed by atoms with Crippen molar-refractivity contribution in [3.8, 4) is 0 Å². The lowest BCUT2D eigenvalue weighted by molar-refractivity contribution is 0.924. The van der Waals surface area contributed by atoms with Crippen LogP contribution in [-0.4, -0.2) is 0 Å². The molecule has 1 atom stereocenters. The third-order valence-electron chi connectivity index (χ3n) is 1.40. The Morgan fingerprint density at radius 2 is 2.44 bits per heavy atom. The van der Waals surface area contributed by atoms with Crippen molar-refractivity contribution in [2.75, 3.05) is 0 Å². The molecule has 0 amide bonds. The van der Waals surface area contributed by atoms with Crippen LogP contribution in [0.1, 0.15) is 20.3 Å². The van der Waals surface area contributed by atoms with Crippen molar-refractivity contribution in [1.82, 2.24) is 0 Å². The molecule has 1 heterocycles. The highest BCUT2D eigenvalue weighted by molar-refractivity contribution is 8.05. The molecule has 0 saturated carbocycles. The standard InChI is InChI=1S/C8H12S/c1-3-8-6-7(2)4-5-9-8/h4-7H,3H2,1-2H3. The van der Waals surface area contributed by atoms with Gasteiger partial charge in [0.15, 0.2) is 0 Å². The van der Waals surface area contributed by atoms with Crippen LogP contribution in [0.5, 0.6) is 0 Å². The molecule has 1 heteroatoms. The molecule has 1 aliphatic rings. The van der Waals surface area contributed by atoms with Gasteiger partial charge in [0.25, 0.3) is 0 Å². The van der Waals surface area contributed by atoms with Crippen LogP contribution in [0, 0.1) is 5.92 Å². The minimum absolute atomic E-state index is 0.654. The average molecular weight is 140 g/mol. The molecular formula is C8H12S. The van der Waals surface area contributed by atoms with Crippen molar-refractivity contribution >= 4 is 11.8 Å². The van der Waals surface area contributed by atoms with Gasteiger partial charge in [-0.25, -0.2) is 0 Å². The lowest BCUT2D eigenvalue weighted by atomic mass is 10.1. The van der Waals surface area contributed by atoms with Crippen molar-refractivity contribution < 1.29 is 0 Å². The van der Waals surface area contributed by atoms with Crippen LogP contribution in [0.3, 0.4) is 0 Å². The molecule has 1 aliphatic heterocycles. The van der Waals surface area contributed by atoms with Gasteiger partial charge in [0, 0.05) is 0 Å². The summed E-state index contributed by atoms with van der Waals surface area (Å²) in [4.78, 5) is 1.50. The molecule has 1 rings (SSSR count). The molecule has 0 N–H and O–H groups in total. The van der Waals surface area contributed by atoms with E-state index in [2.05, 4.69) is 31.4 Å². The molecule has 0 aromatic carbocycles. The molecule has 1 unspecified atom stereocenters. The molecule has 0 fully saturated rings. The molecular weight excluding hydrogens is 128 g/mol. The van der Waals surface area contributed by atoms with E-state index in [1.165, 1.54) is 11.3 Å². The first-order chi connectivity index (χ1) is 4.33. The quantitative estimate of drug-likeness (QED) is 0.539. The Morgan fingerprint density at radius 3 is 2.89 bits per heavy atom. The second-order valence-corrected chi connectivity index (χ2v) is 3.32. The Kier molecular flexibility index (Phi) is 2.40. The zero-order chi connectivity index (χ0) is 6.69. The Hall–Kier alpha value is -0.170. The zero-order valence-electron chi connectivity index (χ0n) is 5.92. The highest BCUT2D eigenvalue weighted by Gasteiger charge is 2.00. The second-order valence-electron chi connectivity index (χ2n) is 2.29. The molecule has 9 heavy (non-hydrogen) atoms. The van der Waals surface area contributed by atoms with Crippen LogP contribution in [0.2, 0.25) is 0 Å². The van der Waals surface area contributed by atoms with E-state index in [0.717, 1.165) is 0 Å². The van der Waals surface area contributed by atoms with Crippen molar-refractivity contribution in [1.29, 1.82) is 0 Å². The maximum atomic E-state index is 2.32. The summed E-state index contributed by atoms with van der Waals surface area (Å²) < 4.78 is 0. The third kappa shape index (κ3) is 1.90. The van der Waals surface area contributed by atoms with E-state index in [9.17, 15) is 0 Å². The van der Waals surface area contributed by atoms with Gasteiger partial charge in [-0.3, -0.25) is 0 Å². The van der Waals surface area contributed by atoms with E-state index >= 15 is 0 Å². The van der Waals surface area contributed by atoms with Crippen LogP contribution < -0.4 is 0 Å². The van der Waals surface area contributed by atoms with Gasteiger partial charge in [0.1, 0.15) is 0 Å². The topological polar surface area (TPSA) is 0 Å². The van der Waals surface area contributed by atoms with Crippen LogP contribution >= 0.6 is 11.8 Å². The molecule has 0 spiro atoms. The summed E-state index contributed by atoms with van der Waals surface area (Å²) in [5, 5.41) is 2.18. The molecule has 0 aromatic rings. The summed E-state index contributed by atoms with van der Waals surface area (Å²) in [5.41, 5.74) is 0. The minimum atomic E-state index is 0.654. The number of allylic oxidation sites excluding steroid dienone is 3. The highest BCUT2D eigenvalue weighted by Crippen LogP contribution is 2.27. The summed E-state index contributed by atoms with van der Waals surface area (Å²) in [6, 6.07) is 0. The smallest absolute Gasteiger partial charge is 0.00626 e. The van der Waals surface area contributed by atoms with E-state index in [1.54, 1.807) is 0 Å². The summed E-state index contributed by atoms with van der Waals surface area (Å²) in [6.07, 6.45) is 5.73. The van der Waals surface area contributed by atoms with Crippen molar-refractivity contribution in [3.63, 3.8) is 0 Å². The van der Waals surface area contributed by atoms with E-state index in [1.807, 2.05) is 11.8 Å². The van der Waals surface area contributed by atoms with E-state index in [-0.39, 0.29) is 0 Å². The maximum Gasteiger partial charge on any atom is -0.00626 e. The molecule has 50 valence electrons. The van der Waals surface area contributed by atoms with Gasteiger partial charge in [0.05, 0.1) is 0 Å². The predicted octanol–water partition coefficient (Wildman–Crippen LogP) is 3.18. The normalized spacial score (nSPS) is 26.0. The number of rotatable bonds is 1. The maximum absolute atomic E-state index is 2.32. The average Bonchev–Trinajstić information content (AvgIpc) is 1.88. The summed E-state index contributed by atoms with van der Waals surface area (Å²) >= 11 is 1.85. The van der Waals surface area contributed by atoms with Crippen molar-refractivity contribution in [3.05, 3.63) is 22.5 Å². The first-order valence-electron chi connectivity index (χ1n) is 3.37. The van der Waals surface area contributed by atoms with Gasteiger partial charge >= 0.3 is 0 Å². The largest absolute Gasteiger partial charge is 0.103 e. The molecule has 0 bridgehead atoms. The Bertz CT molecular complexity index is 145. The van der Waals surface area contributed by atoms with E-state index < -0.39 is 0 Å². The van der Waals surface area contributed by atoms with Gasteiger partial charge < -0.3 is 0 Å². The second kappa shape index (κ2) is 3.11. The number of thioether (sulfide) groups is 1. The lowest BCUT2D eigenvalue weighted by Crippen LogP contribution is -1.88. The predicted molar refractivity (Wildman–Crippen MR) is 44.3 cm³/mol. The fourth-order valence-electron chi connectivity index (χ4n) is 0.840. The van der Waals surface area contributed by atoms with Crippen molar-refractivity contribution in [2.24, 2.45) is 5.92 Å². The summed E-state index contributed by atoms with van der Waals surface area (Å²) in [6.45, 7) is 4.41. The molecule has 0 aliphatic carbocycles. The SMILES string of the molecule is CCC1=CC(C)C=CS1. The van der Waals surface area contributed by atoms with Crippen molar-refractivity contribution in [2.45, 2.75) is 20.3 Å². The number of hydrogen-bond donors (Lipinski definition) is 0. The monoisotopic (exact) mass is 140 g/mol. The summed E-state index contributed by atoms with van der Waals surface area (Å²) in [5.74, 6) is 0.654. The fourth-order valence-corrected chi connectivity index (χ4v) is 1.80. The van der Waals surface area contributed by atoms with Crippen LogP contribution in [0.25, 0.3) is 0 Å². The van der Waals surface area contributed by atoms with Crippen LogP contribution in [0.4, 0.5) is 0 Å². The molecule has 0 aromatic heterocycles. The van der Waals surface area contributed by atoms with Crippen LogP contribution in [-0.2, 0) is 0 Å². The van der Waals surface area contributed by atoms with Gasteiger partial charge in [-0.05, 0) is 22.7 Å². The van der Waals surface area contributed by atoms with E-state index in [4.69, 9.17) is 0 Å².